The number of hydrogen-bond acceptors (Lipinski definition) is 5. The van der Waals surface area contributed by atoms with Gasteiger partial charge < -0.3 is 19.7 Å². The molecule has 0 bridgehead atoms. The van der Waals surface area contributed by atoms with Crippen molar-refractivity contribution in [3.8, 4) is 11.5 Å². The van der Waals surface area contributed by atoms with Gasteiger partial charge in [-0.25, -0.2) is 0 Å². The maximum atomic E-state index is 12.6. The van der Waals surface area contributed by atoms with Crippen LogP contribution in [0.3, 0.4) is 0 Å². The number of rotatable bonds is 7. The molecular weight excluding hydrogens is 352 g/mol. The third-order valence-corrected chi connectivity index (χ3v) is 5.70. The normalized spacial score (nSPS) is 19.5. The van der Waals surface area contributed by atoms with Crippen LogP contribution in [0.1, 0.15) is 38.1 Å². The average molecular weight is 381 g/mol. The third-order valence-electron chi connectivity index (χ3n) is 4.38. The van der Waals surface area contributed by atoms with Gasteiger partial charge in [-0.05, 0) is 30.0 Å². The van der Waals surface area contributed by atoms with Crippen molar-refractivity contribution >= 4 is 23.6 Å². The number of benzene rings is 1. The van der Waals surface area contributed by atoms with Gasteiger partial charge >= 0.3 is 0 Å². The van der Waals surface area contributed by atoms with E-state index in [4.69, 9.17) is 9.47 Å². The Morgan fingerprint density at radius 1 is 1.27 bits per heavy atom. The number of methoxy groups -OCH3 is 2. The lowest BCUT2D eigenvalue weighted by Crippen LogP contribution is -2.47. The first-order valence-corrected chi connectivity index (χ1v) is 9.84. The first kappa shape index (κ1) is 20.4. The van der Waals surface area contributed by atoms with Gasteiger partial charge in [-0.2, -0.15) is 0 Å². The molecule has 0 radical (unpaired) electrons. The summed E-state index contributed by atoms with van der Waals surface area (Å²) >= 11 is 1.59. The van der Waals surface area contributed by atoms with Crippen LogP contribution in [-0.4, -0.2) is 49.3 Å². The van der Waals surface area contributed by atoms with E-state index < -0.39 is 6.04 Å². The summed E-state index contributed by atoms with van der Waals surface area (Å²) in [5.41, 5.74) is 0.917. The Morgan fingerprint density at radius 2 is 1.96 bits per heavy atom. The summed E-state index contributed by atoms with van der Waals surface area (Å²) in [6.07, 6.45) is 0.921. The van der Waals surface area contributed by atoms with Crippen molar-refractivity contribution in [3.63, 3.8) is 0 Å². The van der Waals surface area contributed by atoms with E-state index in [2.05, 4.69) is 19.2 Å². The summed E-state index contributed by atoms with van der Waals surface area (Å²) in [6.45, 7) is 6.37. The highest BCUT2D eigenvalue weighted by molar-refractivity contribution is 7.99. The zero-order chi connectivity index (χ0) is 19.3. The largest absolute Gasteiger partial charge is 0.493 e. The second-order valence-electron chi connectivity index (χ2n) is 6.72. The van der Waals surface area contributed by atoms with Crippen LogP contribution in [0.25, 0.3) is 0 Å². The molecule has 26 heavy (non-hydrogen) atoms. The molecule has 2 amide bonds. The Bertz CT molecular complexity index is 650. The zero-order valence-corrected chi connectivity index (χ0v) is 16.9. The average Bonchev–Trinajstić information content (AvgIpc) is 3.06. The van der Waals surface area contributed by atoms with Crippen molar-refractivity contribution in [1.29, 1.82) is 0 Å². The second-order valence-corrected chi connectivity index (χ2v) is 7.83. The lowest BCUT2D eigenvalue weighted by molar-refractivity contribution is -0.138. The van der Waals surface area contributed by atoms with Gasteiger partial charge in [-0.3, -0.25) is 9.59 Å². The highest BCUT2D eigenvalue weighted by Gasteiger charge is 2.41. The molecule has 1 fully saturated rings. The minimum Gasteiger partial charge on any atom is -0.493 e. The molecule has 1 saturated heterocycles. The quantitative estimate of drug-likeness (QED) is 0.788. The fourth-order valence-corrected chi connectivity index (χ4v) is 4.43. The van der Waals surface area contributed by atoms with Gasteiger partial charge in [0.25, 0.3) is 0 Å². The highest BCUT2D eigenvalue weighted by atomic mass is 32.2. The molecule has 0 aromatic heterocycles. The van der Waals surface area contributed by atoms with Crippen LogP contribution in [0, 0.1) is 5.92 Å². The highest BCUT2D eigenvalue weighted by Crippen LogP contribution is 2.43. The molecule has 2 unspecified atom stereocenters. The maximum absolute atomic E-state index is 12.6. The number of nitrogens with zero attached hydrogens (tertiary/aromatic N) is 1. The zero-order valence-electron chi connectivity index (χ0n) is 16.1. The Kier molecular flexibility index (Phi) is 7.20. The molecule has 0 spiro atoms. The van der Waals surface area contributed by atoms with Gasteiger partial charge in [0, 0.05) is 19.2 Å². The number of amides is 2. The first-order chi connectivity index (χ1) is 12.4. The minimum absolute atomic E-state index is 0.0867. The van der Waals surface area contributed by atoms with Crippen molar-refractivity contribution in [3.05, 3.63) is 23.8 Å². The molecule has 1 aromatic carbocycles. The monoisotopic (exact) mass is 380 g/mol. The van der Waals surface area contributed by atoms with E-state index in [9.17, 15) is 9.59 Å². The number of carbonyl (C=O) groups is 2. The van der Waals surface area contributed by atoms with Crippen molar-refractivity contribution in [2.45, 2.75) is 38.6 Å². The summed E-state index contributed by atoms with van der Waals surface area (Å²) in [4.78, 5) is 26.5. The first-order valence-electron chi connectivity index (χ1n) is 8.79. The number of nitrogens with one attached hydrogen (secondary N) is 1. The predicted molar refractivity (Wildman–Crippen MR) is 104 cm³/mol. The minimum atomic E-state index is -0.456. The van der Waals surface area contributed by atoms with Gasteiger partial charge in [0.05, 0.1) is 14.2 Å². The summed E-state index contributed by atoms with van der Waals surface area (Å²) in [7, 11) is 3.17. The topological polar surface area (TPSA) is 67.9 Å². The Labute approximate surface area is 159 Å². The number of hydrogen-bond donors (Lipinski definition) is 1. The van der Waals surface area contributed by atoms with Crippen LogP contribution in [0.4, 0.5) is 0 Å². The Balaban J connectivity index is 2.18. The number of thioether (sulfide) groups is 1. The fourth-order valence-electron chi connectivity index (χ4n) is 2.96. The second kappa shape index (κ2) is 9.16. The molecule has 144 valence electrons. The van der Waals surface area contributed by atoms with Crippen molar-refractivity contribution in [1.82, 2.24) is 10.2 Å². The maximum Gasteiger partial charge on any atom is 0.243 e. The lowest BCUT2D eigenvalue weighted by atomic mass is 10.1. The van der Waals surface area contributed by atoms with Crippen molar-refractivity contribution < 1.29 is 19.1 Å². The van der Waals surface area contributed by atoms with Gasteiger partial charge in [0.15, 0.2) is 11.5 Å². The van der Waals surface area contributed by atoms with Crippen molar-refractivity contribution in [2.24, 2.45) is 5.92 Å². The van der Waals surface area contributed by atoms with Gasteiger partial charge in [0.2, 0.25) is 11.8 Å². The molecule has 0 aliphatic carbocycles. The third kappa shape index (κ3) is 4.63. The molecule has 1 aromatic rings. The Hall–Kier alpha value is -1.89. The molecule has 2 rings (SSSR count). The van der Waals surface area contributed by atoms with Crippen LogP contribution in [-0.2, 0) is 9.59 Å². The van der Waals surface area contributed by atoms with E-state index in [1.165, 1.54) is 6.92 Å². The molecule has 1 aliphatic heterocycles. The van der Waals surface area contributed by atoms with E-state index >= 15 is 0 Å². The molecule has 7 heteroatoms. The smallest absolute Gasteiger partial charge is 0.243 e. The van der Waals surface area contributed by atoms with E-state index in [0.717, 1.165) is 12.0 Å². The van der Waals surface area contributed by atoms with E-state index in [1.807, 2.05) is 18.2 Å². The summed E-state index contributed by atoms with van der Waals surface area (Å²) in [6, 6.07) is 5.14. The predicted octanol–water partition coefficient (Wildman–Crippen LogP) is 2.83. The van der Waals surface area contributed by atoms with Crippen LogP contribution >= 0.6 is 11.8 Å². The number of carbonyl (C=O) groups excluding carboxylic acids is 2. The van der Waals surface area contributed by atoms with Crippen molar-refractivity contribution in [2.75, 3.05) is 26.5 Å². The SMILES string of the molecule is COc1ccc(C2SCC(C(=O)NCCC(C)C)N2C(C)=O)cc1OC. The number of ether oxygens (including phenoxy) is 2. The summed E-state index contributed by atoms with van der Waals surface area (Å²) in [5.74, 6) is 2.15. The van der Waals surface area contributed by atoms with Crippen LogP contribution in [0.5, 0.6) is 11.5 Å². The van der Waals surface area contributed by atoms with E-state index in [0.29, 0.717) is 29.7 Å². The van der Waals surface area contributed by atoms with Crippen LogP contribution < -0.4 is 14.8 Å². The van der Waals surface area contributed by atoms with E-state index in [1.54, 1.807) is 30.9 Å². The molecular formula is C19H28N2O4S. The standard InChI is InChI=1S/C19H28N2O4S/c1-12(2)8-9-20-18(23)15-11-26-19(21(15)13(3)22)14-6-7-16(24-4)17(10-14)25-5/h6-7,10,12,15,19H,8-9,11H2,1-5H3,(H,20,23). The molecule has 1 heterocycles. The van der Waals surface area contributed by atoms with Crippen LogP contribution in [0.15, 0.2) is 18.2 Å². The molecule has 2 atom stereocenters. The summed E-state index contributed by atoms with van der Waals surface area (Å²) < 4.78 is 10.6. The van der Waals surface area contributed by atoms with Gasteiger partial charge in [-0.15, -0.1) is 11.8 Å². The summed E-state index contributed by atoms with van der Waals surface area (Å²) in [5, 5.41) is 2.75. The molecule has 1 aliphatic rings. The van der Waals surface area contributed by atoms with E-state index in [-0.39, 0.29) is 17.2 Å². The Morgan fingerprint density at radius 3 is 2.54 bits per heavy atom. The van der Waals surface area contributed by atoms with Gasteiger partial charge in [-0.1, -0.05) is 19.9 Å². The van der Waals surface area contributed by atoms with Gasteiger partial charge in [0.1, 0.15) is 11.4 Å². The molecule has 1 N–H and O–H groups in total. The molecule has 6 nitrogen and oxygen atoms in total. The van der Waals surface area contributed by atoms with Crippen LogP contribution in [0.2, 0.25) is 0 Å². The lowest BCUT2D eigenvalue weighted by Gasteiger charge is -2.28. The fraction of sp³-hybridized carbons (Fsp3) is 0.579. The molecule has 0 saturated carbocycles.